The molecule has 0 bridgehead atoms. The molecule has 1 amide bonds. The number of carbonyl (C=O) groups is 1. The summed E-state index contributed by atoms with van der Waals surface area (Å²) in [5, 5.41) is 12.6. The lowest BCUT2D eigenvalue weighted by Crippen LogP contribution is -2.36. The van der Waals surface area contributed by atoms with Crippen LogP contribution >= 0.6 is 11.8 Å². The minimum Gasteiger partial charge on any atom is -0.383 e. The Morgan fingerprint density at radius 1 is 1.60 bits per heavy atom. The van der Waals surface area contributed by atoms with E-state index in [9.17, 15) is 4.79 Å². The Bertz CT molecular complexity index is 526. The molecule has 0 saturated carbocycles. The van der Waals surface area contributed by atoms with Crippen LogP contribution in [0, 0.1) is 25.2 Å². The van der Waals surface area contributed by atoms with Gasteiger partial charge in [0.25, 0.3) is 0 Å². The number of aromatic nitrogens is 1. The number of hydrogen-bond acceptors (Lipinski definition) is 5. The average Bonchev–Trinajstić information content (AvgIpc) is 2.36. The van der Waals surface area contributed by atoms with Gasteiger partial charge in [0.05, 0.1) is 17.9 Å². The molecule has 1 unspecified atom stereocenters. The van der Waals surface area contributed by atoms with Crippen molar-refractivity contribution in [2.75, 3.05) is 19.5 Å². The third kappa shape index (κ3) is 4.83. The van der Waals surface area contributed by atoms with Gasteiger partial charge in [-0.2, -0.15) is 5.26 Å². The number of hydrogen-bond donors (Lipinski definition) is 1. The zero-order valence-corrected chi connectivity index (χ0v) is 13.0. The van der Waals surface area contributed by atoms with E-state index in [1.165, 1.54) is 11.8 Å². The van der Waals surface area contributed by atoms with Gasteiger partial charge in [-0.3, -0.25) is 4.79 Å². The van der Waals surface area contributed by atoms with Crippen molar-refractivity contribution in [3.05, 3.63) is 22.9 Å². The maximum atomic E-state index is 11.8. The number of ether oxygens (including phenoxy) is 1. The van der Waals surface area contributed by atoms with Crippen molar-refractivity contribution in [1.29, 1.82) is 5.26 Å². The van der Waals surface area contributed by atoms with Gasteiger partial charge in [-0.15, -0.1) is 0 Å². The fraction of sp³-hybridized carbons (Fsp3) is 0.500. The molecule has 0 radical (unpaired) electrons. The van der Waals surface area contributed by atoms with Crippen LogP contribution in [0.3, 0.4) is 0 Å². The Hall–Kier alpha value is -1.58. The maximum Gasteiger partial charge on any atom is 0.230 e. The van der Waals surface area contributed by atoms with Crippen molar-refractivity contribution in [2.45, 2.75) is 31.8 Å². The fourth-order valence-corrected chi connectivity index (χ4v) is 2.70. The molecule has 1 heterocycles. The highest BCUT2D eigenvalue weighted by atomic mass is 32.2. The van der Waals surface area contributed by atoms with Gasteiger partial charge in [-0.05, 0) is 32.4 Å². The Kier molecular flexibility index (Phi) is 6.49. The average molecular weight is 293 g/mol. The summed E-state index contributed by atoms with van der Waals surface area (Å²) >= 11 is 1.28. The number of nitrogens with one attached hydrogen (secondary N) is 1. The van der Waals surface area contributed by atoms with E-state index >= 15 is 0 Å². The van der Waals surface area contributed by atoms with Crippen LogP contribution in [0.15, 0.2) is 11.1 Å². The summed E-state index contributed by atoms with van der Waals surface area (Å²) in [5.74, 6) is 0.142. The van der Waals surface area contributed by atoms with Crippen LogP contribution in [0.1, 0.15) is 23.7 Å². The molecular weight excluding hydrogens is 274 g/mol. The molecule has 1 aromatic heterocycles. The molecule has 20 heavy (non-hydrogen) atoms. The first-order chi connectivity index (χ1) is 9.47. The predicted octanol–water partition coefficient (Wildman–Crippen LogP) is 1.81. The summed E-state index contributed by atoms with van der Waals surface area (Å²) in [7, 11) is 1.59. The standard InChI is InChI=1S/C14H19N3O2S/c1-9-5-10(2)17-14(12(9)6-15)20-8-13(18)16-11(3)7-19-4/h5,11H,7-8H2,1-4H3,(H,16,18). The lowest BCUT2D eigenvalue weighted by molar-refractivity contribution is -0.119. The summed E-state index contributed by atoms with van der Waals surface area (Å²) in [4.78, 5) is 16.1. The summed E-state index contributed by atoms with van der Waals surface area (Å²) < 4.78 is 4.96. The third-order valence-corrected chi connectivity index (χ3v) is 3.56. The van der Waals surface area contributed by atoms with E-state index in [4.69, 9.17) is 10.00 Å². The van der Waals surface area contributed by atoms with E-state index in [1.54, 1.807) is 7.11 Å². The second-order valence-corrected chi connectivity index (χ2v) is 5.55. The molecule has 1 N–H and O–H groups in total. The van der Waals surface area contributed by atoms with Crippen molar-refractivity contribution >= 4 is 17.7 Å². The van der Waals surface area contributed by atoms with Crippen LogP contribution < -0.4 is 5.32 Å². The zero-order chi connectivity index (χ0) is 15.1. The summed E-state index contributed by atoms with van der Waals surface area (Å²) in [6, 6.07) is 3.97. The van der Waals surface area contributed by atoms with E-state index in [2.05, 4.69) is 16.4 Å². The van der Waals surface area contributed by atoms with E-state index in [1.807, 2.05) is 26.8 Å². The monoisotopic (exact) mass is 293 g/mol. The number of aryl methyl sites for hydroxylation is 2. The first kappa shape index (κ1) is 16.5. The zero-order valence-electron chi connectivity index (χ0n) is 12.2. The molecule has 1 aromatic rings. The highest BCUT2D eigenvalue weighted by Gasteiger charge is 2.12. The fourth-order valence-electron chi connectivity index (χ4n) is 1.79. The maximum absolute atomic E-state index is 11.8. The lowest BCUT2D eigenvalue weighted by Gasteiger charge is -2.12. The molecule has 0 saturated heterocycles. The Morgan fingerprint density at radius 2 is 2.30 bits per heavy atom. The second kappa shape index (κ2) is 7.88. The number of pyridine rings is 1. The molecule has 0 fully saturated rings. The SMILES string of the molecule is COCC(C)NC(=O)CSc1nc(C)cc(C)c1C#N. The van der Waals surface area contributed by atoms with Gasteiger partial charge in [-0.25, -0.2) is 4.98 Å². The number of nitrogens with zero attached hydrogens (tertiary/aromatic N) is 2. The molecule has 5 nitrogen and oxygen atoms in total. The Balaban J connectivity index is 2.66. The molecule has 1 atom stereocenters. The number of nitriles is 1. The second-order valence-electron chi connectivity index (χ2n) is 4.59. The van der Waals surface area contributed by atoms with Gasteiger partial charge in [-0.1, -0.05) is 11.8 Å². The van der Waals surface area contributed by atoms with Gasteiger partial charge in [0.15, 0.2) is 0 Å². The highest BCUT2D eigenvalue weighted by molar-refractivity contribution is 8.00. The van der Waals surface area contributed by atoms with Gasteiger partial charge in [0.2, 0.25) is 5.91 Å². The van der Waals surface area contributed by atoms with Crippen LogP contribution in [0.5, 0.6) is 0 Å². The molecule has 0 aliphatic carbocycles. The molecule has 108 valence electrons. The minimum atomic E-state index is -0.0931. The molecule has 0 aromatic carbocycles. The van der Waals surface area contributed by atoms with Crippen LogP contribution in [0.2, 0.25) is 0 Å². The van der Waals surface area contributed by atoms with Gasteiger partial charge in [0, 0.05) is 18.8 Å². The Labute approximate surface area is 123 Å². The number of amides is 1. The van der Waals surface area contributed by atoms with Crippen LogP contribution in [-0.4, -0.2) is 36.4 Å². The molecule has 6 heteroatoms. The summed E-state index contributed by atoms with van der Waals surface area (Å²) in [6.07, 6.45) is 0. The predicted molar refractivity (Wildman–Crippen MR) is 78.6 cm³/mol. The summed E-state index contributed by atoms with van der Waals surface area (Å²) in [6.45, 7) is 6.10. The molecule has 0 aliphatic heterocycles. The number of thioether (sulfide) groups is 1. The van der Waals surface area contributed by atoms with Crippen LogP contribution in [0.4, 0.5) is 0 Å². The quantitative estimate of drug-likeness (QED) is 0.810. The van der Waals surface area contributed by atoms with E-state index in [-0.39, 0.29) is 17.7 Å². The molecule has 0 aliphatic rings. The van der Waals surface area contributed by atoms with Crippen molar-refractivity contribution in [2.24, 2.45) is 0 Å². The first-order valence-corrected chi connectivity index (χ1v) is 7.26. The van der Waals surface area contributed by atoms with E-state index in [0.717, 1.165) is 11.3 Å². The van der Waals surface area contributed by atoms with Crippen molar-refractivity contribution < 1.29 is 9.53 Å². The van der Waals surface area contributed by atoms with Gasteiger partial charge >= 0.3 is 0 Å². The smallest absolute Gasteiger partial charge is 0.230 e. The summed E-state index contributed by atoms with van der Waals surface area (Å²) in [5.41, 5.74) is 2.27. The third-order valence-electron chi connectivity index (χ3n) is 2.59. The topological polar surface area (TPSA) is 75.0 Å². The van der Waals surface area contributed by atoms with Crippen molar-refractivity contribution in [3.8, 4) is 6.07 Å². The largest absolute Gasteiger partial charge is 0.383 e. The molecule has 1 rings (SSSR count). The highest BCUT2D eigenvalue weighted by Crippen LogP contribution is 2.23. The van der Waals surface area contributed by atoms with Crippen molar-refractivity contribution in [3.63, 3.8) is 0 Å². The van der Waals surface area contributed by atoms with Gasteiger partial charge < -0.3 is 10.1 Å². The Morgan fingerprint density at radius 3 is 2.90 bits per heavy atom. The normalized spacial score (nSPS) is 11.8. The number of rotatable bonds is 6. The number of methoxy groups -OCH3 is 1. The molecular formula is C14H19N3O2S. The van der Waals surface area contributed by atoms with Gasteiger partial charge in [0.1, 0.15) is 11.1 Å². The van der Waals surface area contributed by atoms with Crippen LogP contribution in [-0.2, 0) is 9.53 Å². The van der Waals surface area contributed by atoms with E-state index in [0.29, 0.717) is 17.2 Å². The van der Waals surface area contributed by atoms with Crippen molar-refractivity contribution in [1.82, 2.24) is 10.3 Å². The lowest BCUT2D eigenvalue weighted by atomic mass is 10.1. The minimum absolute atomic E-state index is 0.0317. The molecule has 0 spiro atoms. The van der Waals surface area contributed by atoms with E-state index < -0.39 is 0 Å². The van der Waals surface area contributed by atoms with Crippen LogP contribution in [0.25, 0.3) is 0 Å². The number of carbonyl (C=O) groups excluding carboxylic acids is 1. The first-order valence-electron chi connectivity index (χ1n) is 6.27.